The molecule has 5 aromatic rings. The molecule has 3 aromatic carbocycles. The van der Waals surface area contributed by atoms with E-state index < -0.39 is 0 Å². The highest BCUT2D eigenvalue weighted by Crippen LogP contribution is 2.29. The molecule has 0 bridgehead atoms. The maximum atomic E-state index is 12.9. The summed E-state index contributed by atoms with van der Waals surface area (Å²) in [6.07, 6.45) is 0. The molecule has 1 amide bonds. The summed E-state index contributed by atoms with van der Waals surface area (Å²) in [4.78, 5) is 33.9. The van der Waals surface area contributed by atoms with Crippen LogP contribution in [0.25, 0.3) is 27.6 Å². The summed E-state index contributed by atoms with van der Waals surface area (Å²) < 4.78 is 2.04. The lowest BCUT2D eigenvalue weighted by Crippen LogP contribution is -2.23. The average molecular weight is 455 g/mol. The van der Waals surface area contributed by atoms with E-state index in [0.29, 0.717) is 5.56 Å². The van der Waals surface area contributed by atoms with Crippen LogP contribution >= 0.6 is 11.8 Å². The van der Waals surface area contributed by atoms with Gasteiger partial charge in [0.15, 0.2) is 10.9 Å². The molecule has 0 unspecified atom stereocenters. The zero-order valence-corrected chi connectivity index (χ0v) is 19.1. The van der Waals surface area contributed by atoms with E-state index >= 15 is 0 Å². The number of nitrogens with zero attached hydrogens (tertiary/aromatic N) is 3. The number of imidazole rings is 1. The fraction of sp³-hybridized carbons (Fsp3) is 0.154. The molecule has 0 radical (unpaired) electrons. The number of Topliss-reactive ketones (excluding diaryl/α,β-unsaturated/α-hetero) is 1. The highest BCUT2D eigenvalue weighted by atomic mass is 32.2. The molecule has 0 aliphatic heterocycles. The highest BCUT2D eigenvalue weighted by molar-refractivity contribution is 7.99. The number of ketones is 1. The fourth-order valence-corrected chi connectivity index (χ4v) is 4.87. The molecule has 0 aliphatic carbocycles. The smallest absolute Gasteiger partial charge is 0.217 e. The van der Waals surface area contributed by atoms with Crippen molar-refractivity contribution in [3.63, 3.8) is 0 Å². The number of benzene rings is 3. The van der Waals surface area contributed by atoms with Gasteiger partial charge in [-0.3, -0.25) is 14.0 Å². The summed E-state index contributed by atoms with van der Waals surface area (Å²) >= 11 is 1.41. The predicted molar refractivity (Wildman–Crippen MR) is 132 cm³/mol. The Bertz CT molecular complexity index is 1510. The Labute approximate surface area is 195 Å². The molecule has 0 fully saturated rings. The van der Waals surface area contributed by atoms with Crippen LogP contribution in [0, 0.1) is 0 Å². The van der Waals surface area contributed by atoms with Gasteiger partial charge in [0.25, 0.3) is 0 Å². The van der Waals surface area contributed by atoms with E-state index in [-0.39, 0.29) is 23.5 Å². The second-order valence-corrected chi connectivity index (χ2v) is 8.87. The van der Waals surface area contributed by atoms with E-state index in [1.165, 1.54) is 18.7 Å². The van der Waals surface area contributed by atoms with Crippen LogP contribution in [0.4, 0.5) is 0 Å². The van der Waals surface area contributed by atoms with Crippen LogP contribution in [0.2, 0.25) is 0 Å². The molecule has 5 rings (SSSR count). The minimum atomic E-state index is -0.106. The predicted octanol–water partition coefficient (Wildman–Crippen LogP) is 5.21. The molecule has 1 atom stereocenters. The van der Waals surface area contributed by atoms with Crippen molar-refractivity contribution >= 4 is 51.0 Å². The molecule has 7 heteroatoms. The Morgan fingerprint density at radius 3 is 2.39 bits per heavy atom. The minimum absolute atomic E-state index is 0.0197. The molecule has 0 saturated heterocycles. The summed E-state index contributed by atoms with van der Waals surface area (Å²) in [6, 6.07) is 23.2. The summed E-state index contributed by atoms with van der Waals surface area (Å²) in [5, 5.41) is 4.57. The standard InChI is InChI=1S/C26H22N4O2S/c1-16(27-17(2)31)18-11-13-19(14-12-18)24(32)15-33-26-29-21-8-4-3-7-20(21)25-28-22-9-5-6-10-23(22)30(25)26/h3-14,16H,15H2,1-2H3,(H,27,31)/t16-/m1/s1. The van der Waals surface area contributed by atoms with Gasteiger partial charge in [-0.25, -0.2) is 9.97 Å². The molecule has 33 heavy (non-hydrogen) atoms. The summed E-state index contributed by atoms with van der Waals surface area (Å²) in [7, 11) is 0. The van der Waals surface area contributed by atoms with Crippen molar-refractivity contribution in [1.82, 2.24) is 19.7 Å². The average Bonchev–Trinajstić information content (AvgIpc) is 3.22. The van der Waals surface area contributed by atoms with Gasteiger partial charge in [0, 0.05) is 17.9 Å². The number of amides is 1. The van der Waals surface area contributed by atoms with Crippen LogP contribution < -0.4 is 5.32 Å². The lowest BCUT2D eigenvalue weighted by atomic mass is 10.0. The Hall–Kier alpha value is -3.71. The van der Waals surface area contributed by atoms with Gasteiger partial charge in [-0.05, 0) is 36.8 Å². The Morgan fingerprint density at radius 1 is 0.939 bits per heavy atom. The third kappa shape index (κ3) is 4.07. The topological polar surface area (TPSA) is 76.4 Å². The van der Waals surface area contributed by atoms with Crippen LogP contribution in [0.15, 0.2) is 78.0 Å². The summed E-state index contributed by atoms with van der Waals surface area (Å²) in [6.45, 7) is 3.41. The van der Waals surface area contributed by atoms with E-state index in [1.54, 1.807) is 0 Å². The normalized spacial score (nSPS) is 12.3. The van der Waals surface area contributed by atoms with Crippen LogP contribution in [-0.4, -0.2) is 31.8 Å². The number of aromatic nitrogens is 3. The van der Waals surface area contributed by atoms with E-state index in [4.69, 9.17) is 9.97 Å². The third-order valence-electron chi connectivity index (χ3n) is 5.60. The van der Waals surface area contributed by atoms with Gasteiger partial charge in [0.1, 0.15) is 5.65 Å². The molecule has 0 aliphatic rings. The molecule has 0 saturated carbocycles. The number of thioether (sulfide) groups is 1. The monoisotopic (exact) mass is 454 g/mol. The van der Waals surface area contributed by atoms with Crippen molar-refractivity contribution in [2.45, 2.75) is 25.0 Å². The maximum absolute atomic E-state index is 12.9. The number of hydrogen-bond donors (Lipinski definition) is 1. The van der Waals surface area contributed by atoms with Crippen molar-refractivity contribution in [3.8, 4) is 0 Å². The molecule has 0 spiro atoms. The van der Waals surface area contributed by atoms with Gasteiger partial charge in [0.05, 0.1) is 28.3 Å². The molecule has 164 valence electrons. The molecular formula is C26H22N4O2S. The maximum Gasteiger partial charge on any atom is 0.217 e. The zero-order chi connectivity index (χ0) is 22.9. The van der Waals surface area contributed by atoms with Gasteiger partial charge < -0.3 is 5.32 Å². The second-order valence-electron chi connectivity index (χ2n) is 7.93. The molecule has 6 nitrogen and oxygen atoms in total. The lowest BCUT2D eigenvalue weighted by Gasteiger charge is -2.13. The van der Waals surface area contributed by atoms with Crippen molar-refractivity contribution < 1.29 is 9.59 Å². The van der Waals surface area contributed by atoms with E-state index in [9.17, 15) is 9.59 Å². The number of rotatable bonds is 6. The van der Waals surface area contributed by atoms with Gasteiger partial charge >= 0.3 is 0 Å². The first-order valence-corrected chi connectivity index (χ1v) is 11.7. The molecule has 2 heterocycles. The first kappa shape index (κ1) is 21.2. The van der Waals surface area contributed by atoms with Gasteiger partial charge in [-0.15, -0.1) is 0 Å². The molecule has 2 aromatic heterocycles. The number of hydrogen-bond acceptors (Lipinski definition) is 5. The molecule has 1 N–H and O–H groups in total. The number of carbonyl (C=O) groups excluding carboxylic acids is 2. The highest BCUT2D eigenvalue weighted by Gasteiger charge is 2.16. The van der Waals surface area contributed by atoms with Crippen molar-refractivity contribution in [2.75, 3.05) is 5.75 Å². The second kappa shape index (κ2) is 8.67. The summed E-state index contributed by atoms with van der Waals surface area (Å²) in [5.41, 5.74) is 5.15. The Balaban J connectivity index is 1.44. The lowest BCUT2D eigenvalue weighted by molar-refractivity contribution is -0.119. The first-order chi connectivity index (χ1) is 16.0. The van der Waals surface area contributed by atoms with Crippen LogP contribution in [0.5, 0.6) is 0 Å². The number of carbonyl (C=O) groups is 2. The molecular weight excluding hydrogens is 432 g/mol. The largest absolute Gasteiger partial charge is 0.350 e. The zero-order valence-electron chi connectivity index (χ0n) is 18.3. The van der Waals surface area contributed by atoms with Gasteiger partial charge in [0.2, 0.25) is 5.91 Å². The van der Waals surface area contributed by atoms with Crippen LogP contribution in [0.1, 0.15) is 35.8 Å². The van der Waals surface area contributed by atoms with Gasteiger partial charge in [-0.2, -0.15) is 0 Å². The van der Waals surface area contributed by atoms with Crippen molar-refractivity contribution in [2.24, 2.45) is 0 Å². The van der Waals surface area contributed by atoms with E-state index in [0.717, 1.165) is 38.3 Å². The fourth-order valence-electron chi connectivity index (χ4n) is 3.97. The Kier molecular flexibility index (Phi) is 5.56. The van der Waals surface area contributed by atoms with Crippen LogP contribution in [0.3, 0.4) is 0 Å². The number of fused-ring (bicyclic) bond motifs is 5. The SMILES string of the molecule is CC(=O)N[C@H](C)c1ccc(C(=O)CSc2nc3ccccc3c3nc4ccccc4n23)cc1. The van der Waals surface area contributed by atoms with E-state index in [2.05, 4.69) is 5.32 Å². The summed E-state index contributed by atoms with van der Waals surface area (Å²) in [5.74, 6) is 0.194. The first-order valence-electron chi connectivity index (χ1n) is 10.7. The quantitative estimate of drug-likeness (QED) is 0.217. The van der Waals surface area contributed by atoms with Crippen LogP contribution in [-0.2, 0) is 4.79 Å². The van der Waals surface area contributed by atoms with Gasteiger partial charge in [-0.1, -0.05) is 60.3 Å². The third-order valence-corrected chi connectivity index (χ3v) is 6.54. The van der Waals surface area contributed by atoms with Crippen molar-refractivity contribution in [1.29, 1.82) is 0 Å². The Morgan fingerprint density at radius 2 is 1.64 bits per heavy atom. The minimum Gasteiger partial charge on any atom is -0.350 e. The van der Waals surface area contributed by atoms with E-state index in [1.807, 2.05) is 84.1 Å². The number of nitrogens with one attached hydrogen (secondary N) is 1. The van der Waals surface area contributed by atoms with Crippen molar-refractivity contribution in [3.05, 3.63) is 83.9 Å². The number of para-hydroxylation sites is 3.